The Morgan fingerprint density at radius 2 is 1.95 bits per heavy atom. The van der Waals surface area contributed by atoms with Crippen molar-refractivity contribution in [1.29, 1.82) is 0 Å². The van der Waals surface area contributed by atoms with Gasteiger partial charge in [-0.05, 0) is 19.1 Å². The van der Waals surface area contributed by atoms with E-state index in [0.29, 0.717) is 11.9 Å². The average Bonchev–Trinajstić information content (AvgIpc) is 2.46. The van der Waals surface area contributed by atoms with Gasteiger partial charge < -0.3 is 15.0 Å². The zero-order valence-electron chi connectivity index (χ0n) is 11.7. The number of methoxy groups -OCH3 is 1. The molecule has 0 saturated carbocycles. The monoisotopic (exact) mass is 294 g/mol. The molecule has 5 nitrogen and oxygen atoms in total. The first-order valence-electron chi connectivity index (χ1n) is 6.57. The Labute approximate surface area is 124 Å². The molecule has 108 valence electrons. The summed E-state index contributed by atoms with van der Waals surface area (Å²) in [7, 11) is 1.65. The minimum absolute atomic E-state index is 0. The lowest BCUT2D eigenvalue weighted by atomic mass is 10.2. The molecule has 0 aliphatic carbocycles. The number of halogens is 1. The lowest BCUT2D eigenvalue weighted by Crippen LogP contribution is -2.49. The quantitative estimate of drug-likeness (QED) is 0.916. The third-order valence-corrected chi connectivity index (χ3v) is 3.38. The van der Waals surface area contributed by atoms with Gasteiger partial charge in [-0.2, -0.15) is 0 Å². The van der Waals surface area contributed by atoms with Gasteiger partial charge in [0.25, 0.3) is 5.88 Å². The van der Waals surface area contributed by atoms with Gasteiger partial charge in [0.15, 0.2) is 5.82 Å². The van der Waals surface area contributed by atoms with Gasteiger partial charge in [0.05, 0.1) is 18.1 Å². The van der Waals surface area contributed by atoms with Gasteiger partial charge in [0, 0.05) is 25.7 Å². The molecule has 1 fully saturated rings. The molecular formula is C14H19ClN4O. The molecule has 0 radical (unpaired) electrons. The molecule has 1 aromatic carbocycles. The topological polar surface area (TPSA) is 50.3 Å². The summed E-state index contributed by atoms with van der Waals surface area (Å²) >= 11 is 0. The van der Waals surface area contributed by atoms with E-state index in [1.165, 1.54) is 0 Å². The van der Waals surface area contributed by atoms with E-state index < -0.39 is 0 Å². The summed E-state index contributed by atoms with van der Waals surface area (Å²) in [4.78, 5) is 11.5. The molecule has 20 heavy (non-hydrogen) atoms. The number of hydrogen-bond acceptors (Lipinski definition) is 5. The van der Waals surface area contributed by atoms with Gasteiger partial charge in [-0.1, -0.05) is 12.1 Å². The Morgan fingerprint density at radius 3 is 2.60 bits per heavy atom. The van der Waals surface area contributed by atoms with E-state index >= 15 is 0 Å². The van der Waals surface area contributed by atoms with Crippen LogP contribution in [0.15, 0.2) is 24.3 Å². The van der Waals surface area contributed by atoms with Crippen molar-refractivity contribution in [3.8, 4) is 5.88 Å². The summed E-state index contributed by atoms with van der Waals surface area (Å²) in [5, 5.41) is 3.43. The Balaban J connectivity index is 0.00000147. The van der Waals surface area contributed by atoms with Crippen molar-refractivity contribution in [3.05, 3.63) is 24.3 Å². The normalized spacial score (nSPS) is 18.7. The number of nitrogens with zero attached hydrogens (tertiary/aromatic N) is 3. The standard InChI is InChI=1S/C14H18N4O.ClH/c1-10-9-18(8-7-15-10)13-14(19-2)17-12-6-4-3-5-11(12)16-13;/h3-6,10,15H,7-9H2,1-2H3;1H. The van der Waals surface area contributed by atoms with E-state index in [1.54, 1.807) is 7.11 Å². The molecule has 3 rings (SSSR count). The van der Waals surface area contributed by atoms with Crippen LogP contribution in [0.25, 0.3) is 11.0 Å². The van der Waals surface area contributed by atoms with Gasteiger partial charge in [-0.15, -0.1) is 12.4 Å². The maximum absolute atomic E-state index is 5.41. The van der Waals surface area contributed by atoms with Crippen LogP contribution in [0.1, 0.15) is 6.92 Å². The average molecular weight is 295 g/mol. The highest BCUT2D eigenvalue weighted by Crippen LogP contribution is 2.27. The predicted molar refractivity (Wildman–Crippen MR) is 83.0 cm³/mol. The fourth-order valence-corrected chi connectivity index (χ4v) is 2.44. The van der Waals surface area contributed by atoms with Crippen molar-refractivity contribution in [2.24, 2.45) is 0 Å². The van der Waals surface area contributed by atoms with Crippen LogP contribution >= 0.6 is 12.4 Å². The molecule has 1 aliphatic rings. The van der Waals surface area contributed by atoms with Gasteiger partial charge in [0.1, 0.15) is 0 Å². The van der Waals surface area contributed by atoms with E-state index in [9.17, 15) is 0 Å². The van der Waals surface area contributed by atoms with Gasteiger partial charge in [0.2, 0.25) is 0 Å². The molecule has 0 bridgehead atoms. The van der Waals surface area contributed by atoms with Gasteiger partial charge in [-0.25, -0.2) is 9.97 Å². The number of fused-ring (bicyclic) bond motifs is 1. The molecule has 1 atom stereocenters. The third kappa shape index (κ3) is 2.78. The van der Waals surface area contributed by atoms with Crippen molar-refractivity contribution in [2.75, 3.05) is 31.6 Å². The smallest absolute Gasteiger partial charge is 0.257 e. The van der Waals surface area contributed by atoms with Crippen LogP contribution in [0.3, 0.4) is 0 Å². The molecule has 0 spiro atoms. The number of nitrogens with one attached hydrogen (secondary N) is 1. The van der Waals surface area contributed by atoms with Crippen LogP contribution in [0.5, 0.6) is 5.88 Å². The van der Waals surface area contributed by atoms with Crippen molar-refractivity contribution in [2.45, 2.75) is 13.0 Å². The molecule has 0 amide bonds. The zero-order chi connectivity index (χ0) is 13.2. The van der Waals surface area contributed by atoms with E-state index in [-0.39, 0.29) is 12.4 Å². The first-order valence-corrected chi connectivity index (χ1v) is 6.57. The fraction of sp³-hybridized carbons (Fsp3) is 0.429. The summed E-state index contributed by atoms with van der Waals surface area (Å²) in [6.07, 6.45) is 0. The van der Waals surface area contributed by atoms with Gasteiger partial charge in [-0.3, -0.25) is 0 Å². The lowest BCUT2D eigenvalue weighted by molar-refractivity contribution is 0.393. The Hall–Kier alpha value is -1.59. The SMILES string of the molecule is COc1nc2ccccc2nc1N1CCNC(C)C1.Cl. The van der Waals surface area contributed by atoms with Gasteiger partial charge >= 0.3 is 0 Å². The van der Waals surface area contributed by atoms with Crippen LogP contribution in [0, 0.1) is 0 Å². The first-order chi connectivity index (χ1) is 9.28. The van der Waals surface area contributed by atoms with Crippen LogP contribution in [-0.4, -0.2) is 42.8 Å². The highest BCUT2D eigenvalue weighted by molar-refractivity contribution is 5.85. The molecule has 1 N–H and O–H groups in total. The van der Waals surface area contributed by atoms with E-state index in [0.717, 1.165) is 36.5 Å². The summed E-state index contributed by atoms with van der Waals surface area (Å²) in [5.41, 5.74) is 1.77. The number of anilines is 1. The number of benzene rings is 1. The van der Waals surface area contributed by atoms with Crippen molar-refractivity contribution < 1.29 is 4.74 Å². The first kappa shape index (κ1) is 14.8. The maximum atomic E-state index is 5.41. The maximum Gasteiger partial charge on any atom is 0.257 e. The molecule has 1 unspecified atom stereocenters. The summed E-state index contributed by atoms with van der Waals surface area (Å²) < 4.78 is 5.41. The number of aromatic nitrogens is 2. The number of rotatable bonds is 2. The number of piperazine rings is 1. The largest absolute Gasteiger partial charge is 0.478 e. The Kier molecular flexibility index (Phi) is 4.62. The fourth-order valence-electron chi connectivity index (χ4n) is 2.44. The molecule has 1 saturated heterocycles. The third-order valence-electron chi connectivity index (χ3n) is 3.38. The van der Waals surface area contributed by atoms with E-state index in [4.69, 9.17) is 9.72 Å². The second kappa shape index (κ2) is 6.24. The molecule has 2 aromatic rings. The highest BCUT2D eigenvalue weighted by atomic mass is 35.5. The zero-order valence-corrected chi connectivity index (χ0v) is 12.5. The minimum atomic E-state index is 0. The van der Waals surface area contributed by atoms with Crippen molar-refractivity contribution in [3.63, 3.8) is 0 Å². The van der Waals surface area contributed by atoms with Crippen LogP contribution < -0.4 is 15.0 Å². The molecule has 1 aromatic heterocycles. The highest BCUT2D eigenvalue weighted by Gasteiger charge is 2.21. The number of hydrogen-bond donors (Lipinski definition) is 1. The van der Waals surface area contributed by atoms with E-state index in [1.807, 2.05) is 24.3 Å². The number of ether oxygens (including phenoxy) is 1. The second-order valence-corrected chi connectivity index (χ2v) is 4.85. The Morgan fingerprint density at radius 1 is 1.25 bits per heavy atom. The molecule has 1 aliphatic heterocycles. The Bertz CT molecular complexity index is 592. The van der Waals surface area contributed by atoms with Crippen LogP contribution in [-0.2, 0) is 0 Å². The second-order valence-electron chi connectivity index (χ2n) is 4.85. The van der Waals surface area contributed by atoms with Crippen LogP contribution in [0.2, 0.25) is 0 Å². The van der Waals surface area contributed by atoms with Crippen molar-refractivity contribution >= 4 is 29.3 Å². The summed E-state index contributed by atoms with van der Waals surface area (Å²) in [6, 6.07) is 8.33. The minimum Gasteiger partial charge on any atom is -0.478 e. The molecular weight excluding hydrogens is 276 g/mol. The predicted octanol–water partition coefficient (Wildman–Crippen LogP) is 1.86. The number of para-hydroxylation sites is 2. The molecule has 6 heteroatoms. The summed E-state index contributed by atoms with van der Waals surface area (Å²) in [6.45, 7) is 4.98. The van der Waals surface area contributed by atoms with Crippen molar-refractivity contribution in [1.82, 2.24) is 15.3 Å². The van der Waals surface area contributed by atoms with E-state index in [2.05, 4.69) is 22.1 Å². The summed E-state index contributed by atoms with van der Waals surface area (Å²) in [5.74, 6) is 1.45. The van der Waals surface area contributed by atoms with Crippen LogP contribution in [0.4, 0.5) is 5.82 Å². The molecule has 2 heterocycles. The lowest BCUT2D eigenvalue weighted by Gasteiger charge is -2.33.